The number of ether oxygens (including phenoxy) is 1. The van der Waals surface area contributed by atoms with Crippen LogP contribution in [-0.2, 0) is 6.61 Å². The standard InChI is InChI=1S/C23H22F2N4O/c1-4-28(3)21-11-10-16(13-26-21)22-15(2)27-23-20(9-6-12-29(22)23)30-14-17-18(24)7-5-8-19(17)25/h5-13H,4,14H2,1-3H3. The van der Waals surface area contributed by atoms with E-state index in [1.807, 2.05) is 49.0 Å². The summed E-state index contributed by atoms with van der Waals surface area (Å²) in [5, 5.41) is 0. The second-order valence-electron chi connectivity index (χ2n) is 7.02. The molecular weight excluding hydrogens is 386 g/mol. The van der Waals surface area contributed by atoms with Crippen molar-refractivity contribution in [1.82, 2.24) is 14.4 Å². The molecule has 0 aliphatic carbocycles. The summed E-state index contributed by atoms with van der Waals surface area (Å²) in [7, 11) is 1.99. The molecule has 3 aromatic heterocycles. The van der Waals surface area contributed by atoms with Crippen molar-refractivity contribution in [3.63, 3.8) is 0 Å². The summed E-state index contributed by atoms with van der Waals surface area (Å²) in [5.74, 6) is 0.0733. The molecule has 0 saturated carbocycles. The average molecular weight is 408 g/mol. The zero-order valence-electron chi connectivity index (χ0n) is 17.1. The third kappa shape index (κ3) is 3.58. The lowest BCUT2D eigenvalue weighted by Gasteiger charge is -2.15. The van der Waals surface area contributed by atoms with Crippen LogP contribution in [0.15, 0.2) is 54.9 Å². The third-order valence-electron chi connectivity index (χ3n) is 5.11. The molecule has 0 aliphatic rings. The monoisotopic (exact) mass is 408 g/mol. The first-order valence-corrected chi connectivity index (χ1v) is 9.70. The molecule has 0 atom stereocenters. The van der Waals surface area contributed by atoms with Gasteiger partial charge in [0.15, 0.2) is 11.4 Å². The summed E-state index contributed by atoms with van der Waals surface area (Å²) in [6.07, 6.45) is 3.70. The van der Waals surface area contributed by atoms with Gasteiger partial charge in [0.25, 0.3) is 0 Å². The summed E-state index contributed by atoms with van der Waals surface area (Å²) < 4.78 is 35.5. The van der Waals surface area contributed by atoms with E-state index in [1.54, 1.807) is 6.07 Å². The van der Waals surface area contributed by atoms with Gasteiger partial charge in [-0.1, -0.05) is 6.07 Å². The molecule has 5 nitrogen and oxygen atoms in total. The van der Waals surface area contributed by atoms with Crippen LogP contribution in [0.5, 0.6) is 5.75 Å². The first-order valence-electron chi connectivity index (χ1n) is 9.70. The van der Waals surface area contributed by atoms with Gasteiger partial charge in [-0.2, -0.15) is 0 Å². The van der Waals surface area contributed by atoms with Gasteiger partial charge < -0.3 is 9.64 Å². The number of anilines is 1. The zero-order valence-corrected chi connectivity index (χ0v) is 17.1. The van der Waals surface area contributed by atoms with Gasteiger partial charge in [-0.15, -0.1) is 0 Å². The van der Waals surface area contributed by atoms with Crippen molar-refractivity contribution in [2.24, 2.45) is 0 Å². The van der Waals surface area contributed by atoms with E-state index >= 15 is 0 Å². The van der Waals surface area contributed by atoms with Gasteiger partial charge in [0, 0.05) is 31.5 Å². The first-order chi connectivity index (χ1) is 14.5. The molecule has 30 heavy (non-hydrogen) atoms. The van der Waals surface area contributed by atoms with Crippen LogP contribution >= 0.6 is 0 Å². The average Bonchev–Trinajstić information content (AvgIpc) is 3.09. The number of aromatic nitrogens is 3. The summed E-state index contributed by atoms with van der Waals surface area (Å²) in [5.41, 5.74) is 3.09. The van der Waals surface area contributed by atoms with Crippen LogP contribution in [0.25, 0.3) is 16.9 Å². The van der Waals surface area contributed by atoms with E-state index in [0.717, 1.165) is 29.3 Å². The fourth-order valence-electron chi connectivity index (χ4n) is 3.35. The summed E-state index contributed by atoms with van der Waals surface area (Å²) in [4.78, 5) is 11.2. The number of hydrogen-bond acceptors (Lipinski definition) is 4. The minimum absolute atomic E-state index is 0.108. The molecule has 4 rings (SSSR count). The quantitative estimate of drug-likeness (QED) is 0.449. The minimum atomic E-state index is -0.634. The Kier molecular flexibility index (Phi) is 5.35. The predicted octanol–water partition coefficient (Wildman–Crippen LogP) is 5.02. The Labute approximate surface area is 173 Å². The second kappa shape index (κ2) is 8.10. The van der Waals surface area contributed by atoms with Crippen molar-refractivity contribution >= 4 is 11.5 Å². The fraction of sp³-hybridized carbons (Fsp3) is 0.217. The Morgan fingerprint density at radius 1 is 1.07 bits per heavy atom. The first kappa shape index (κ1) is 19.8. The molecule has 0 amide bonds. The molecule has 7 heteroatoms. The topological polar surface area (TPSA) is 42.7 Å². The molecule has 1 aromatic carbocycles. The summed E-state index contributed by atoms with van der Waals surface area (Å²) >= 11 is 0. The maximum absolute atomic E-state index is 13.9. The normalized spacial score (nSPS) is 11.1. The zero-order chi connectivity index (χ0) is 21.3. The van der Waals surface area contributed by atoms with E-state index in [9.17, 15) is 8.78 Å². The van der Waals surface area contributed by atoms with Crippen LogP contribution in [0.3, 0.4) is 0 Å². The molecule has 0 aliphatic heterocycles. The number of fused-ring (bicyclic) bond motifs is 1. The molecular formula is C23H22F2N4O. The van der Waals surface area contributed by atoms with E-state index in [4.69, 9.17) is 4.74 Å². The molecule has 154 valence electrons. The molecule has 0 unspecified atom stereocenters. The van der Waals surface area contributed by atoms with Crippen molar-refractivity contribution in [3.8, 4) is 17.0 Å². The number of aryl methyl sites for hydroxylation is 1. The van der Waals surface area contributed by atoms with Gasteiger partial charge in [0.2, 0.25) is 0 Å². The SMILES string of the molecule is CCN(C)c1ccc(-c2c(C)nc3c(OCc4c(F)cccc4F)cccn23)cn1. The van der Waals surface area contributed by atoms with Crippen molar-refractivity contribution in [2.45, 2.75) is 20.5 Å². The Morgan fingerprint density at radius 2 is 1.83 bits per heavy atom. The number of hydrogen-bond donors (Lipinski definition) is 0. The number of nitrogens with zero attached hydrogens (tertiary/aromatic N) is 4. The Bertz CT molecular complexity index is 1170. The van der Waals surface area contributed by atoms with E-state index in [2.05, 4.69) is 21.8 Å². The smallest absolute Gasteiger partial charge is 0.180 e. The number of imidazole rings is 1. The Balaban J connectivity index is 1.68. The van der Waals surface area contributed by atoms with Crippen molar-refractivity contribution in [3.05, 3.63) is 77.8 Å². The van der Waals surface area contributed by atoms with Gasteiger partial charge in [-0.3, -0.25) is 4.40 Å². The van der Waals surface area contributed by atoms with E-state index in [0.29, 0.717) is 11.4 Å². The van der Waals surface area contributed by atoms with Crippen LogP contribution in [0.2, 0.25) is 0 Å². The summed E-state index contributed by atoms with van der Waals surface area (Å²) in [6.45, 7) is 4.62. The highest BCUT2D eigenvalue weighted by Crippen LogP contribution is 2.30. The molecule has 0 bridgehead atoms. The largest absolute Gasteiger partial charge is 0.485 e. The van der Waals surface area contributed by atoms with Gasteiger partial charge in [0.1, 0.15) is 24.1 Å². The van der Waals surface area contributed by atoms with Crippen LogP contribution in [0.1, 0.15) is 18.2 Å². The number of benzene rings is 1. The van der Waals surface area contributed by atoms with Crippen LogP contribution in [0, 0.1) is 18.6 Å². The van der Waals surface area contributed by atoms with Crippen molar-refractivity contribution in [1.29, 1.82) is 0 Å². The molecule has 0 spiro atoms. The highest BCUT2D eigenvalue weighted by molar-refractivity contribution is 5.70. The fourth-order valence-corrected chi connectivity index (χ4v) is 3.35. The lowest BCUT2D eigenvalue weighted by Crippen LogP contribution is -2.16. The molecule has 3 heterocycles. The molecule has 0 radical (unpaired) electrons. The van der Waals surface area contributed by atoms with E-state index < -0.39 is 11.6 Å². The summed E-state index contributed by atoms with van der Waals surface area (Å²) in [6, 6.07) is 11.3. The van der Waals surface area contributed by atoms with Crippen molar-refractivity contribution in [2.75, 3.05) is 18.5 Å². The maximum Gasteiger partial charge on any atom is 0.180 e. The molecule has 0 N–H and O–H groups in total. The third-order valence-corrected chi connectivity index (χ3v) is 5.11. The predicted molar refractivity (Wildman–Crippen MR) is 113 cm³/mol. The highest BCUT2D eigenvalue weighted by atomic mass is 19.1. The van der Waals surface area contributed by atoms with Crippen LogP contribution < -0.4 is 9.64 Å². The Morgan fingerprint density at radius 3 is 2.50 bits per heavy atom. The number of pyridine rings is 2. The van der Waals surface area contributed by atoms with Gasteiger partial charge in [-0.05, 0) is 50.2 Å². The number of rotatable bonds is 6. The van der Waals surface area contributed by atoms with Crippen molar-refractivity contribution < 1.29 is 13.5 Å². The van der Waals surface area contributed by atoms with Gasteiger partial charge in [0.05, 0.1) is 17.0 Å². The molecule has 4 aromatic rings. The second-order valence-corrected chi connectivity index (χ2v) is 7.02. The number of halogens is 2. The van der Waals surface area contributed by atoms with Crippen LogP contribution in [-0.4, -0.2) is 28.0 Å². The Hall–Kier alpha value is -3.48. The van der Waals surface area contributed by atoms with Crippen LogP contribution in [0.4, 0.5) is 14.6 Å². The van der Waals surface area contributed by atoms with Gasteiger partial charge >= 0.3 is 0 Å². The molecule has 0 fully saturated rings. The maximum atomic E-state index is 13.9. The molecule has 0 saturated heterocycles. The van der Waals surface area contributed by atoms with E-state index in [-0.39, 0.29) is 12.2 Å². The minimum Gasteiger partial charge on any atom is -0.485 e. The van der Waals surface area contributed by atoms with E-state index in [1.165, 1.54) is 18.2 Å². The van der Waals surface area contributed by atoms with Gasteiger partial charge in [-0.25, -0.2) is 18.7 Å². The highest BCUT2D eigenvalue weighted by Gasteiger charge is 2.16. The lowest BCUT2D eigenvalue weighted by atomic mass is 10.2. The lowest BCUT2D eigenvalue weighted by molar-refractivity contribution is 0.294.